The molecule has 0 amide bonds. The van der Waals surface area contributed by atoms with Crippen LogP contribution in [0.3, 0.4) is 0 Å². The van der Waals surface area contributed by atoms with E-state index in [4.69, 9.17) is 24.9 Å². The van der Waals surface area contributed by atoms with Crippen molar-refractivity contribution in [1.29, 1.82) is 0 Å². The van der Waals surface area contributed by atoms with E-state index in [1.165, 1.54) is 0 Å². The summed E-state index contributed by atoms with van der Waals surface area (Å²) in [5.74, 6) is 0. The maximum absolute atomic E-state index is 17.0. The Morgan fingerprint density at radius 2 is 1.00 bits per heavy atom. The Labute approximate surface area is 339 Å². The topological polar surface area (TPSA) is 81.5 Å². The van der Waals surface area contributed by atoms with Crippen LogP contribution < -0.4 is 16.0 Å². The molecule has 1 unspecified atom stereocenters. The summed E-state index contributed by atoms with van der Waals surface area (Å²) in [6, 6.07) is 47.2. The summed E-state index contributed by atoms with van der Waals surface area (Å²) in [5, 5.41) is 5.61. The largest absolute Gasteiger partial charge is 0.307 e. The minimum atomic E-state index is -3.76. The lowest BCUT2D eigenvalue weighted by atomic mass is 10.0. The molecule has 12 rings (SSSR count). The molecule has 0 aliphatic heterocycles. The highest BCUT2D eigenvalue weighted by Crippen LogP contribution is 2.49. The molecule has 0 saturated carbocycles. The van der Waals surface area contributed by atoms with Gasteiger partial charge in [0, 0.05) is 44.2 Å². The zero-order chi connectivity index (χ0) is 38.7. The van der Waals surface area contributed by atoms with E-state index in [1.807, 2.05) is 67.6 Å². The number of para-hydroxylation sites is 2. The number of hydrogen-bond donors (Lipinski definition) is 0. The van der Waals surface area contributed by atoms with E-state index < -0.39 is 7.14 Å². The number of pyridine rings is 1. The van der Waals surface area contributed by atoms with Gasteiger partial charge in [0.1, 0.15) is 5.44 Å². The van der Waals surface area contributed by atoms with Crippen LogP contribution >= 0.6 is 29.8 Å². The van der Waals surface area contributed by atoms with E-state index in [-0.39, 0.29) is 0 Å². The number of benzene rings is 7. The Balaban J connectivity index is 1.19. The van der Waals surface area contributed by atoms with Crippen LogP contribution in [-0.2, 0) is 4.57 Å². The average Bonchev–Trinajstić information content (AvgIpc) is 3.84. The highest BCUT2D eigenvalue weighted by molar-refractivity contribution is 7.85. The molecule has 0 saturated heterocycles. The van der Waals surface area contributed by atoms with Gasteiger partial charge in [-0.1, -0.05) is 84.9 Å². The molecule has 0 fully saturated rings. The van der Waals surface area contributed by atoms with E-state index in [0.29, 0.717) is 16.0 Å². The first-order valence-electron chi connectivity index (χ1n) is 19.1. The molecule has 274 valence electrons. The minimum Gasteiger partial charge on any atom is -0.307 e. The van der Waals surface area contributed by atoms with Crippen LogP contribution in [0, 0.1) is 13.8 Å². The van der Waals surface area contributed by atoms with E-state index in [1.54, 1.807) is 28.9 Å². The number of nitrogens with zero attached hydrogens (tertiary/aromatic N) is 5. The lowest BCUT2D eigenvalue weighted by Gasteiger charge is -2.25. The summed E-state index contributed by atoms with van der Waals surface area (Å²) in [7, 11) is -3.76. The maximum Gasteiger partial charge on any atom is 0.191 e. The standard InChI is InChI=1S/C49H30N5OPS2/c1-27-18-22-37-44(53-45-38(57-37)24-20-35-42(45)30-13-6-8-16-33(30)51-35)41(27)32-15-10-26-50-49(32)56(55,29-11-4-3-5-12-29)48-28(2)19-23-40-47(48)54-46-39(58-40)25-21-36-43(46)31-14-7-9-17-34(31)52-36/h3-26H,1-2H3. The normalized spacial score (nSPS) is 13.2. The molecule has 58 heavy (non-hydrogen) atoms. The third-order valence-corrected chi connectivity index (χ3v) is 16.8. The predicted molar refractivity (Wildman–Crippen MR) is 246 cm³/mol. The van der Waals surface area contributed by atoms with Crippen molar-refractivity contribution in [3.8, 4) is 11.1 Å². The zero-order valence-corrected chi connectivity index (χ0v) is 33.8. The monoisotopic (exact) mass is 799 g/mol. The second-order valence-corrected chi connectivity index (χ2v) is 19.6. The molecule has 5 heterocycles. The second kappa shape index (κ2) is 12.5. The lowest BCUT2D eigenvalue weighted by Crippen LogP contribution is -2.30. The molecule has 0 spiro atoms. The summed E-state index contributed by atoms with van der Waals surface area (Å²) in [4.78, 5) is 26.1. The fraction of sp³-hybridized carbons (Fsp3) is 0.0408. The summed E-state index contributed by atoms with van der Waals surface area (Å²) >= 11 is 3.39. The van der Waals surface area contributed by atoms with Crippen LogP contribution in [0.2, 0.25) is 0 Å². The molecule has 0 aliphatic carbocycles. The Bertz CT molecular complexity index is 3770. The van der Waals surface area contributed by atoms with Crippen molar-refractivity contribution >= 4 is 130 Å². The van der Waals surface area contributed by atoms with Crippen LogP contribution in [-0.4, -0.2) is 24.9 Å². The molecule has 7 aromatic carbocycles. The SMILES string of the molecule is Cc1ccc2sc3ccc4nc5ccccc5c4c3nc2c1-c1cccnc1P(=O)(c1ccccc1)c1c(C)ccc2sc3ccc4nc5ccccc5c4c3nc12. The van der Waals surface area contributed by atoms with Gasteiger partial charge in [-0.25, -0.2) is 19.9 Å². The lowest BCUT2D eigenvalue weighted by molar-refractivity contribution is 0.592. The summed E-state index contributed by atoms with van der Waals surface area (Å²) in [6.07, 6.45) is 1.77. The molecular weight excluding hydrogens is 770 g/mol. The fourth-order valence-electron chi connectivity index (χ4n) is 8.81. The number of fused-ring (bicyclic) bond motifs is 12. The third kappa shape index (κ3) is 4.77. The first kappa shape index (κ1) is 33.7. The van der Waals surface area contributed by atoms with Gasteiger partial charge in [-0.3, -0.25) is 4.98 Å². The van der Waals surface area contributed by atoms with Crippen molar-refractivity contribution in [2.45, 2.75) is 13.8 Å². The van der Waals surface area contributed by atoms with E-state index >= 15 is 4.57 Å². The Morgan fingerprint density at radius 1 is 0.466 bits per heavy atom. The van der Waals surface area contributed by atoms with E-state index in [0.717, 1.165) is 107 Å². The molecule has 0 aliphatic rings. The smallest absolute Gasteiger partial charge is 0.191 e. The molecule has 0 radical (unpaired) electrons. The first-order chi connectivity index (χ1) is 28.5. The van der Waals surface area contributed by atoms with Crippen molar-refractivity contribution in [2.75, 3.05) is 0 Å². The highest BCUT2D eigenvalue weighted by atomic mass is 32.1. The van der Waals surface area contributed by atoms with Crippen LogP contribution in [0.1, 0.15) is 11.1 Å². The molecule has 1 atom stereocenters. The molecule has 0 bridgehead atoms. The number of hydrogen-bond acceptors (Lipinski definition) is 8. The van der Waals surface area contributed by atoms with Crippen molar-refractivity contribution < 1.29 is 4.57 Å². The van der Waals surface area contributed by atoms with Crippen LogP contribution in [0.5, 0.6) is 0 Å². The zero-order valence-electron chi connectivity index (χ0n) is 31.3. The van der Waals surface area contributed by atoms with Crippen molar-refractivity contribution in [3.05, 3.63) is 157 Å². The third-order valence-electron chi connectivity index (χ3n) is 11.4. The van der Waals surface area contributed by atoms with Gasteiger partial charge in [0.15, 0.2) is 7.14 Å². The van der Waals surface area contributed by atoms with Crippen LogP contribution in [0.15, 0.2) is 146 Å². The number of aryl methyl sites for hydroxylation is 2. The molecule has 9 heteroatoms. The first-order valence-corrected chi connectivity index (χ1v) is 22.4. The van der Waals surface area contributed by atoms with Crippen LogP contribution in [0.25, 0.3) is 95.6 Å². The minimum absolute atomic E-state index is 0.517. The molecular formula is C49H30N5OPS2. The fourth-order valence-corrected chi connectivity index (χ4v) is 14.0. The van der Waals surface area contributed by atoms with Gasteiger partial charge in [-0.2, -0.15) is 0 Å². The summed E-state index contributed by atoms with van der Waals surface area (Å²) in [5.41, 5.74) is 11.2. The summed E-state index contributed by atoms with van der Waals surface area (Å²) < 4.78 is 21.2. The van der Waals surface area contributed by atoms with Gasteiger partial charge in [0.25, 0.3) is 0 Å². The Hall–Kier alpha value is -6.44. The Kier molecular flexibility index (Phi) is 7.27. The Morgan fingerprint density at radius 3 is 1.66 bits per heavy atom. The van der Waals surface area contributed by atoms with Crippen LogP contribution in [0.4, 0.5) is 0 Å². The van der Waals surface area contributed by atoms with E-state index in [2.05, 4.69) is 85.8 Å². The van der Waals surface area contributed by atoms with Gasteiger partial charge >= 0.3 is 0 Å². The molecule has 0 N–H and O–H groups in total. The van der Waals surface area contributed by atoms with E-state index in [9.17, 15) is 0 Å². The number of aromatic nitrogens is 5. The molecule has 6 nitrogen and oxygen atoms in total. The molecule has 5 aromatic heterocycles. The quantitative estimate of drug-likeness (QED) is 0.130. The maximum atomic E-state index is 17.0. The number of rotatable bonds is 4. The predicted octanol–water partition coefficient (Wildman–Crippen LogP) is 11.9. The molecule has 12 aromatic rings. The van der Waals surface area contributed by atoms with Gasteiger partial charge in [-0.15, -0.1) is 22.7 Å². The second-order valence-electron chi connectivity index (χ2n) is 14.8. The van der Waals surface area contributed by atoms with Crippen molar-refractivity contribution in [1.82, 2.24) is 24.9 Å². The van der Waals surface area contributed by atoms with Crippen molar-refractivity contribution in [2.24, 2.45) is 0 Å². The van der Waals surface area contributed by atoms with Gasteiger partial charge in [0.2, 0.25) is 0 Å². The van der Waals surface area contributed by atoms with Crippen molar-refractivity contribution in [3.63, 3.8) is 0 Å². The highest BCUT2D eigenvalue weighted by Gasteiger charge is 2.38. The van der Waals surface area contributed by atoms with Gasteiger partial charge < -0.3 is 4.57 Å². The summed E-state index contributed by atoms with van der Waals surface area (Å²) in [6.45, 7) is 4.16. The van der Waals surface area contributed by atoms with Gasteiger partial charge in [0.05, 0.1) is 68.2 Å². The average molecular weight is 800 g/mol. The van der Waals surface area contributed by atoms with Gasteiger partial charge in [-0.05, 0) is 79.6 Å².